The van der Waals surface area contributed by atoms with Gasteiger partial charge in [-0.1, -0.05) is 13.8 Å². The van der Waals surface area contributed by atoms with Gasteiger partial charge >= 0.3 is 17.9 Å². The first kappa shape index (κ1) is 38.1. The van der Waals surface area contributed by atoms with Crippen LogP contribution in [0.4, 0.5) is 0 Å². The Labute approximate surface area is 277 Å². The number of carbonyl (C=O) groups is 4. The number of Topliss-reactive ketones (excluding diaryl/α,β-unsaturated/α-hetero) is 1. The Bertz CT molecular complexity index is 1190. The molecule has 0 amide bonds. The van der Waals surface area contributed by atoms with E-state index in [1.54, 1.807) is 0 Å². The fraction of sp³-hybridized carbons (Fsp3) is 0.806. The highest BCUT2D eigenvalue weighted by atomic mass is 16.8. The minimum Gasteiger partial charge on any atom is -0.465 e. The van der Waals surface area contributed by atoms with Gasteiger partial charge in [-0.2, -0.15) is 0 Å². The molecule has 272 valence electrons. The number of aliphatic hydroxyl groups is 5. The molecule has 17 heteroatoms. The Balaban J connectivity index is 1.53. The molecule has 14 atom stereocenters. The van der Waals surface area contributed by atoms with Crippen molar-refractivity contribution in [2.45, 2.75) is 115 Å². The highest BCUT2D eigenvalue weighted by Crippen LogP contribution is 2.47. The second-order valence-corrected chi connectivity index (χ2v) is 12.9. The molecule has 4 aliphatic rings. The van der Waals surface area contributed by atoms with Gasteiger partial charge in [-0.25, -0.2) is 0 Å². The Morgan fingerprint density at radius 3 is 2.31 bits per heavy atom. The van der Waals surface area contributed by atoms with E-state index in [1.165, 1.54) is 20.1 Å². The second kappa shape index (κ2) is 16.3. The predicted octanol–water partition coefficient (Wildman–Crippen LogP) is -1.56. The van der Waals surface area contributed by atoms with E-state index in [0.29, 0.717) is 5.57 Å². The standard InChI is InChI=1S/C31H46O17/c1-12(2)6-21(36)47-29-22-17(7-19(35)18(22)11-41-14(4)33)16(9-42-29)10-43-31-28(24(38)23(37)20(8-32)46-31)48-30-26(40)25(39)27(13(3)44-30)45-15(5)34/h9,12-13,17-20,22-23,25-32,35,37,39-40H,6-8,10-11H2,1-5H3/t13-,17+,18-,19-,20+,22-,23+,25-,26+,27-,28+,29-,30-,31+/m0/s1. The molecular formula is C31H46O17. The summed E-state index contributed by atoms with van der Waals surface area (Å²) in [6.45, 7) is 6.28. The number of fused-ring (bicyclic) bond motifs is 1. The molecule has 3 heterocycles. The normalized spacial score (nSPS) is 39.6. The summed E-state index contributed by atoms with van der Waals surface area (Å²) in [5.74, 6) is -4.55. The Hall–Kier alpha value is -2.74. The van der Waals surface area contributed by atoms with E-state index in [-0.39, 0.29) is 32.0 Å². The summed E-state index contributed by atoms with van der Waals surface area (Å²) < 4.78 is 44.6. The Kier molecular flexibility index (Phi) is 12.9. The summed E-state index contributed by atoms with van der Waals surface area (Å²) in [5.41, 5.74) is 0.462. The molecule has 3 aliphatic heterocycles. The smallest absolute Gasteiger partial charge is 0.309 e. The first-order valence-electron chi connectivity index (χ1n) is 15.9. The molecule has 3 fully saturated rings. The maximum absolute atomic E-state index is 13.2. The van der Waals surface area contributed by atoms with Crippen LogP contribution in [0.3, 0.4) is 0 Å². The third-order valence-electron chi connectivity index (χ3n) is 8.83. The van der Waals surface area contributed by atoms with Gasteiger partial charge in [0.1, 0.15) is 24.4 Å². The molecule has 1 saturated carbocycles. The highest BCUT2D eigenvalue weighted by Gasteiger charge is 2.54. The van der Waals surface area contributed by atoms with Crippen LogP contribution in [-0.4, -0.2) is 137 Å². The third kappa shape index (κ3) is 8.70. The van der Waals surface area contributed by atoms with Crippen LogP contribution in [0, 0.1) is 23.7 Å². The van der Waals surface area contributed by atoms with Gasteiger partial charge in [0.15, 0.2) is 30.6 Å². The number of aliphatic hydroxyl groups excluding tert-OH is 5. The molecule has 5 N–H and O–H groups in total. The van der Waals surface area contributed by atoms with Crippen molar-refractivity contribution >= 4 is 23.7 Å². The van der Waals surface area contributed by atoms with E-state index in [4.69, 9.17) is 37.9 Å². The van der Waals surface area contributed by atoms with Crippen molar-refractivity contribution < 1.29 is 82.6 Å². The molecule has 0 aromatic rings. The van der Waals surface area contributed by atoms with Gasteiger partial charge in [0.25, 0.3) is 0 Å². The van der Waals surface area contributed by atoms with Crippen molar-refractivity contribution in [3.8, 4) is 0 Å². The lowest BCUT2D eigenvalue weighted by Gasteiger charge is -2.44. The van der Waals surface area contributed by atoms with Gasteiger partial charge in [-0.05, 0) is 30.8 Å². The number of rotatable bonds is 12. The molecule has 4 rings (SSSR count). The van der Waals surface area contributed by atoms with Crippen molar-refractivity contribution in [1.29, 1.82) is 0 Å². The van der Waals surface area contributed by atoms with E-state index in [1.807, 2.05) is 13.8 Å². The second-order valence-electron chi connectivity index (χ2n) is 12.9. The molecule has 2 saturated heterocycles. The average Bonchev–Trinajstić information content (AvgIpc) is 3.35. The van der Waals surface area contributed by atoms with Crippen LogP contribution >= 0.6 is 0 Å². The van der Waals surface area contributed by atoms with Crippen molar-refractivity contribution in [1.82, 2.24) is 0 Å². The van der Waals surface area contributed by atoms with Crippen molar-refractivity contribution in [3.63, 3.8) is 0 Å². The van der Waals surface area contributed by atoms with Crippen LogP contribution in [0.5, 0.6) is 0 Å². The molecule has 0 unspecified atom stereocenters. The summed E-state index contributed by atoms with van der Waals surface area (Å²) in [4.78, 5) is 48.9. The summed E-state index contributed by atoms with van der Waals surface area (Å²) in [6, 6.07) is 0. The summed E-state index contributed by atoms with van der Waals surface area (Å²) in [6.07, 6.45) is -14.4. The quantitative estimate of drug-likeness (QED) is 0.115. The van der Waals surface area contributed by atoms with Crippen LogP contribution in [0.2, 0.25) is 0 Å². The lowest BCUT2D eigenvalue weighted by molar-refractivity contribution is -0.334. The predicted molar refractivity (Wildman–Crippen MR) is 156 cm³/mol. The maximum Gasteiger partial charge on any atom is 0.309 e. The molecule has 0 aromatic heterocycles. The van der Waals surface area contributed by atoms with Gasteiger partial charge in [0.2, 0.25) is 6.29 Å². The van der Waals surface area contributed by atoms with Gasteiger partial charge < -0.3 is 63.4 Å². The highest BCUT2D eigenvalue weighted by molar-refractivity contribution is 5.89. The number of ketones is 1. The maximum atomic E-state index is 13.2. The van der Waals surface area contributed by atoms with Gasteiger partial charge in [0.05, 0.1) is 38.3 Å². The minimum atomic E-state index is -1.84. The minimum absolute atomic E-state index is 0.0129. The third-order valence-corrected chi connectivity index (χ3v) is 8.83. The van der Waals surface area contributed by atoms with Gasteiger partial charge in [-0.15, -0.1) is 0 Å². The molecule has 0 spiro atoms. The van der Waals surface area contributed by atoms with Gasteiger partial charge in [-0.3, -0.25) is 19.2 Å². The summed E-state index contributed by atoms with van der Waals surface area (Å²) >= 11 is 0. The monoisotopic (exact) mass is 690 g/mol. The molecule has 1 aliphatic carbocycles. The first-order chi connectivity index (χ1) is 22.6. The van der Waals surface area contributed by atoms with Crippen molar-refractivity contribution in [2.24, 2.45) is 23.7 Å². The van der Waals surface area contributed by atoms with E-state index in [0.717, 1.165) is 6.92 Å². The van der Waals surface area contributed by atoms with Gasteiger partial charge in [0, 0.05) is 32.1 Å². The number of hydrogen-bond donors (Lipinski definition) is 5. The zero-order chi connectivity index (χ0) is 35.4. The molecular weight excluding hydrogens is 644 g/mol. The molecule has 0 aromatic carbocycles. The van der Waals surface area contributed by atoms with E-state index >= 15 is 0 Å². The number of ether oxygens (including phenoxy) is 8. The number of carbonyl (C=O) groups excluding carboxylic acids is 4. The molecule has 0 bridgehead atoms. The lowest BCUT2D eigenvalue weighted by Crippen LogP contribution is -2.63. The van der Waals surface area contributed by atoms with Crippen LogP contribution in [0.1, 0.15) is 47.5 Å². The van der Waals surface area contributed by atoms with E-state index in [2.05, 4.69) is 0 Å². The molecule has 17 nitrogen and oxygen atoms in total. The van der Waals surface area contributed by atoms with Crippen molar-refractivity contribution in [3.05, 3.63) is 11.8 Å². The average molecular weight is 691 g/mol. The zero-order valence-electron chi connectivity index (χ0n) is 27.4. The summed E-state index contributed by atoms with van der Waals surface area (Å²) in [5, 5.41) is 52.5. The van der Waals surface area contributed by atoms with Crippen molar-refractivity contribution in [2.75, 3.05) is 19.8 Å². The van der Waals surface area contributed by atoms with Crippen LogP contribution in [0.15, 0.2) is 11.8 Å². The molecule has 48 heavy (non-hydrogen) atoms. The number of esters is 3. The fourth-order valence-electron chi connectivity index (χ4n) is 6.46. The van der Waals surface area contributed by atoms with Crippen LogP contribution in [0.25, 0.3) is 0 Å². The van der Waals surface area contributed by atoms with Crippen LogP contribution < -0.4 is 0 Å². The Morgan fingerprint density at radius 2 is 1.69 bits per heavy atom. The van der Waals surface area contributed by atoms with E-state index < -0.39 is 116 Å². The largest absolute Gasteiger partial charge is 0.465 e. The molecule has 0 radical (unpaired) electrons. The topological polar surface area (TPSA) is 243 Å². The summed E-state index contributed by atoms with van der Waals surface area (Å²) in [7, 11) is 0. The lowest BCUT2D eigenvalue weighted by atomic mass is 9.83. The number of hydrogen-bond acceptors (Lipinski definition) is 17. The zero-order valence-corrected chi connectivity index (χ0v) is 27.4. The SMILES string of the molecule is CC(=O)OC[C@@H]1[C@H]2[C@H](OC(=O)CC(C)C)OC=C(CO[C@@H]3O[C@H](CO)[C@@H](O)C(=O)[C@H]3O[C@@H]3O[C@@H](C)[C@H](OC(C)=O)[C@@H](O)[C@H]3O)[C@H]2C[C@@H]1O. The van der Waals surface area contributed by atoms with Crippen LogP contribution in [-0.2, 0) is 57.1 Å². The first-order valence-corrected chi connectivity index (χ1v) is 15.9. The van der Waals surface area contributed by atoms with E-state index in [9.17, 15) is 44.7 Å². The Morgan fingerprint density at radius 1 is 0.979 bits per heavy atom. The fourth-order valence-corrected chi connectivity index (χ4v) is 6.46.